The third kappa shape index (κ3) is 2.87. The first-order valence-corrected chi connectivity index (χ1v) is 8.38. The maximum atomic E-state index is 12.3. The van der Waals surface area contributed by atoms with E-state index >= 15 is 0 Å². The van der Waals surface area contributed by atoms with Gasteiger partial charge in [0, 0.05) is 25.5 Å². The molecule has 0 spiro atoms. The summed E-state index contributed by atoms with van der Waals surface area (Å²) in [4.78, 5) is 24.6. The van der Waals surface area contributed by atoms with Gasteiger partial charge in [-0.2, -0.15) is 0 Å². The topological polar surface area (TPSA) is 77.0 Å². The van der Waals surface area contributed by atoms with Crippen LogP contribution in [0.3, 0.4) is 0 Å². The normalized spacial score (nSPS) is 21.5. The summed E-state index contributed by atoms with van der Waals surface area (Å²) in [6, 6.07) is 5.64. The molecule has 2 atom stereocenters. The van der Waals surface area contributed by atoms with Crippen LogP contribution in [0.5, 0.6) is 11.5 Å². The standard InChI is InChI=1S/C18H20N4O4/c1-24-14-4-3-12(7-15(14)25-2)9-22-13-10-21(11-16(13)26-18(22)23)17-8-19-5-6-20-17/h3-8,13,16H,9-11H2,1-2H3/t13-,16+/m0/s1. The molecule has 2 aliphatic heterocycles. The molecular weight excluding hydrogens is 336 g/mol. The number of benzene rings is 1. The number of hydrogen-bond donors (Lipinski definition) is 0. The van der Waals surface area contributed by atoms with Gasteiger partial charge >= 0.3 is 6.09 Å². The van der Waals surface area contributed by atoms with Gasteiger partial charge in [0.1, 0.15) is 11.9 Å². The smallest absolute Gasteiger partial charge is 0.410 e. The Morgan fingerprint density at radius 2 is 2.04 bits per heavy atom. The van der Waals surface area contributed by atoms with Crippen LogP contribution in [-0.2, 0) is 11.3 Å². The van der Waals surface area contributed by atoms with Gasteiger partial charge in [-0.3, -0.25) is 9.88 Å². The van der Waals surface area contributed by atoms with Crippen LogP contribution in [-0.4, -0.2) is 60.4 Å². The van der Waals surface area contributed by atoms with Gasteiger partial charge < -0.3 is 19.1 Å². The van der Waals surface area contributed by atoms with E-state index in [1.54, 1.807) is 37.7 Å². The highest BCUT2D eigenvalue weighted by molar-refractivity contribution is 5.72. The van der Waals surface area contributed by atoms with E-state index in [2.05, 4.69) is 14.9 Å². The van der Waals surface area contributed by atoms with Crippen molar-refractivity contribution in [2.75, 3.05) is 32.2 Å². The molecule has 26 heavy (non-hydrogen) atoms. The monoisotopic (exact) mass is 356 g/mol. The molecule has 0 unspecified atom stereocenters. The van der Waals surface area contributed by atoms with Gasteiger partial charge in [0.2, 0.25) is 0 Å². The highest BCUT2D eigenvalue weighted by Crippen LogP contribution is 2.32. The fraction of sp³-hybridized carbons (Fsp3) is 0.389. The van der Waals surface area contributed by atoms with Crippen LogP contribution in [0.2, 0.25) is 0 Å². The van der Waals surface area contributed by atoms with Crippen LogP contribution in [0.15, 0.2) is 36.8 Å². The number of rotatable bonds is 5. The van der Waals surface area contributed by atoms with E-state index in [1.807, 2.05) is 18.2 Å². The zero-order valence-corrected chi connectivity index (χ0v) is 14.7. The molecule has 2 aliphatic rings. The molecule has 4 rings (SSSR count). The average molecular weight is 356 g/mol. The van der Waals surface area contributed by atoms with Crippen molar-refractivity contribution in [1.29, 1.82) is 0 Å². The van der Waals surface area contributed by atoms with E-state index in [9.17, 15) is 4.79 Å². The maximum absolute atomic E-state index is 12.3. The van der Waals surface area contributed by atoms with Crippen molar-refractivity contribution in [2.24, 2.45) is 0 Å². The Morgan fingerprint density at radius 3 is 2.77 bits per heavy atom. The number of methoxy groups -OCH3 is 2. The average Bonchev–Trinajstić information content (AvgIpc) is 3.21. The van der Waals surface area contributed by atoms with E-state index in [-0.39, 0.29) is 18.2 Å². The Bertz CT molecular complexity index is 801. The van der Waals surface area contributed by atoms with Crippen molar-refractivity contribution in [3.8, 4) is 11.5 Å². The molecule has 3 heterocycles. The number of ether oxygens (including phenoxy) is 3. The van der Waals surface area contributed by atoms with E-state index in [0.717, 1.165) is 11.4 Å². The highest BCUT2D eigenvalue weighted by Gasteiger charge is 2.48. The van der Waals surface area contributed by atoms with E-state index < -0.39 is 0 Å². The number of hydrogen-bond acceptors (Lipinski definition) is 7. The number of amides is 1. The summed E-state index contributed by atoms with van der Waals surface area (Å²) in [7, 11) is 3.19. The van der Waals surface area contributed by atoms with Crippen molar-refractivity contribution in [1.82, 2.24) is 14.9 Å². The first-order valence-electron chi connectivity index (χ1n) is 8.38. The van der Waals surface area contributed by atoms with Crippen LogP contribution < -0.4 is 14.4 Å². The number of aromatic nitrogens is 2. The summed E-state index contributed by atoms with van der Waals surface area (Å²) in [6.07, 6.45) is 4.58. The minimum Gasteiger partial charge on any atom is -0.493 e. The molecule has 0 N–H and O–H groups in total. The lowest BCUT2D eigenvalue weighted by molar-refractivity contribution is 0.135. The van der Waals surface area contributed by atoms with Crippen molar-refractivity contribution in [3.05, 3.63) is 42.4 Å². The summed E-state index contributed by atoms with van der Waals surface area (Å²) < 4.78 is 16.2. The summed E-state index contributed by atoms with van der Waals surface area (Å²) in [5, 5.41) is 0. The lowest BCUT2D eigenvalue weighted by atomic mass is 10.1. The molecule has 1 amide bonds. The summed E-state index contributed by atoms with van der Waals surface area (Å²) in [5.41, 5.74) is 0.957. The Labute approximate surface area is 151 Å². The minimum atomic E-state index is -0.284. The van der Waals surface area contributed by atoms with Gasteiger partial charge in [-0.1, -0.05) is 6.07 Å². The third-order valence-electron chi connectivity index (χ3n) is 4.80. The van der Waals surface area contributed by atoms with Crippen molar-refractivity contribution in [3.63, 3.8) is 0 Å². The molecule has 0 saturated carbocycles. The predicted octanol–water partition coefficient (Wildman–Crippen LogP) is 1.70. The largest absolute Gasteiger partial charge is 0.493 e. The molecule has 0 radical (unpaired) electrons. The molecule has 1 aromatic heterocycles. The van der Waals surface area contributed by atoms with Gasteiger partial charge in [0.25, 0.3) is 0 Å². The third-order valence-corrected chi connectivity index (χ3v) is 4.80. The van der Waals surface area contributed by atoms with Crippen LogP contribution in [0.25, 0.3) is 0 Å². The lowest BCUT2D eigenvalue weighted by Gasteiger charge is -2.23. The summed E-state index contributed by atoms with van der Waals surface area (Å²) >= 11 is 0. The van der Waals surface area contributed by atoms with E-state index in [0.29, 0.717) is 31.1 Å². The molecule has 0 aliphatic carbocycles. The van der Waals surface area contributed by atoms with Crippen LogP contribution >= 0.6 is 0 Å². The SMILES string of the molecule is COc1ccc(CN2C(=O)O[C@@H]3CN(c4cnccn4)C[C@@H]32)cc1OC. The quantitative estimate of drug-likeness (QED) is 0.807. The van der Waals surface area contributed by atoms with Crippen molar-refractivity contribution < 1.29 is 19.0 Å². The molecular formula is C18H20N4O4. The molecule has 2 saturated heterocycles. The Morgan fingerprint density at radius 1 is 1.19 bits per heavy atom. The number of fused-ring (bicyclic) bond motifs is 1. The number of nitrogens with zero attached hydrogens (tertiary/aromatic N) is 4. The lowest BCUT2D eigenvalue weighted by Crippen LogP contribution is -2.37. The second-order valence-corrected chi connectivity index (χ2v) is 6.28. The molecule has 136 valence electrons. The molecule has 2 aromatic rings. The second kappa shape index (κ2) is 6.70. The highest BCUT2D eigenvalue weighted by atomic mass is 16.6. The van der Waals surface area contributed by atoms with Crippen molar-refractivity contribution in [2.45, 2.75) is 18.7 Å². The van der Waals surface area contributed by atoms with Crippen LogP contribution in [0.1, 0.15) is 5.56 Å². The first-order chi connectivity index (χ1) is 12.7. The van der Waals surface area contributed by atoms with Crippen LogP contribution in [0, 0.1) is 0 Å². The second-order valence-electron chi connectivity index (χ2n) is 6.28. The van der Waals surface area contributed by atoms with Crippen molar-refractivity contribution >= 4 is 11.9 Å². The van der Waals surface area contributed by atoms with E-state index in [1.165, 1.54) is 0 Å². The van der Waals surface area contributed by atoms with Gasteiger partial charge in [-0.25, -0.2) is 9.78 Å². The Hall–Kier alpha value is -3.03. The van der Waals surface area contributed by atoms with Crippen LogP contribution in [0.4, 0.5) is 10.6 Å². The van der Waals surface area contributed by atoms with Gasteiger partial charge in [-0.15, -0.1) is 0 Å². The van der Waals surface area contributed by atoms with Gasteiger partial charge in [0.15, 0.2) is 11.5 Å². The first kappa shape index (κ1) is 16.4. The fourth-order valence-corrected chi connectivity index (χ4v) is 3.50. The number of anilines is 1. The molecule has 2 fully saturated rings. The molecule has 0 bridgehead atoms. The zero-order valence-electron chi connectivity index (χ0n) is 14.7. The Kier molecular flexibility index (Phi) is 4.24. The predicted molar refractivity (Wildman–Crippen MR) is 93.4 cm³/mol. The van der Waals surface area contributed by atoms with Gasteiger partial charge in [0.05, 0.1) is 33.0 Å². The zero-order chi connectivity index (χ0) is 18.1. The van der Waals surface area contributed by atoms with E-state index in [4.69, 9.17) is 14.2 Å². The Balaban J connectivity index is 1.51. The number of carbonyl (C=O) groups is 1. The molecule has 8 nitrogen and oxygen atoms in total. The van der Waals surface area contributed by atoms with Gasteiger partial charge in [-0.05, 0) is 17.7 Å². The fourth-order valence-electron chi connectivity index (χ4n) is 3.50. The summed E-state index contributed by atoms with van der Waals surface area (Å²) in [5.74, 6) is 2.10. The molecule has 1 aromatic carbocycles. The molecule has 8 heteroatoms. The summed E-state index contributed by atoms with van der Waals surface area (Å²) in [6.45, 7) is 1.74. The maximum Gasteiger partial charge on any atom is 0.410 e. The minimum absolute atomic E-state index is 0.0161. The number of carbonyl (C=O) groups excluding carboxylic acids is 1.